The minimum atomic E-state index is 0. The first-order valence-electron chi connectivity index (χ1n) is 6.62. The van der Waals surface area contributed by atoms with Gasteiger partial charge in [-0.05, 0) is 18.4 Å². The van der Waals surface area contributed by atoms with E-state index in [1.807, 2.05) is 11.8 Å². The second-order valence-electron chi connectivity index (χ2n) is 4.07. The molecular formula is C12H25IN6S. The molecule has 1 rings (SSSR count). The molecule has 0 aliphatic heterocycles. The number of nitrogens with one attached hydrogen (secondary N) is 2. The van der Waals surface area contributed by atoms with Crippen LogP contribution in [0.15, 0.2) is 11.3 Å². The molecule has 0 aliphatic rings. The summed E-state index contributed by atoms with van der Waals surface area (Å²) in [5, 5.41) is 14.6. The Bertz CT molecular complexity index is 382. The highest BCUT2D eigenvalue weighted by molar-refractivity contribution is 14.0. The van der Waals surface area contributed by atoms with Crippen LogP contribution in [0.3, 0.4) is 0 Å². The standard InChI is InChI=1S/C12H24N6S.HI/c1-4-11-17-16-10-18(11)8-7-15-12(13-2)14-6-5-9-19-3;/h10H,4-9H2,1-3H3,(H2,13,14,15);1H. The van der Waals surface area contributed by atoms with Crippen molar-refractivity contribution in [3.05, 3.63) is 12.2 Å². The molecule has 2 N–H and O–H groups in total. The maximum Gasteiger partial charge on any atom is 0.191 e. The Hall–Kier alpha value is -0.510. The monoisotopic (exact) mass is 412 g/mol. The zero-order chi connectivity index (χ0) is 13.9. The van der Waals surface area contributed by atoms with Gasteiger partial charge in [0.25, 0.3) is 0 Å². The van der Waals surface area contributed by atoms with E-state index in [4.69, 9.17) is 0 Å². The van der Waals surface area contributed by atoms with Gasteiger partial charge in [0, 0.05) is 33.1 Å². The first kappa shape index (κ1) is 19.5. The third kappa shape index (κ3) is 7.32. The van der Waals surface area contributed by atoms with Crippen LogP contribution in [0.5, 0.6) is 0 Å². The normalized spacial score (nSPS) is 11.1. The van der Waals surface area contributed by atoms with Gasteiger partial charge in [-0.1, -0.05) is 6.92 Å². The fourth-order valence-corrected chi connectivity index (χ4v) is 2.11. The van der Waals surface area contributed by atoms with Gasteiger partial charge in [0.2, 0.25) is 0 Å². The molecule has 0 aliphatic carbocycles. The van der Waals surface area contributed by atoms with Gasteiger partial charge in [-0.3, -0.25) is 4.99 Å². The van der Waals surface area contributed by atoms with E-state index in [2.05, 4.69) is 43.6 Å². The van der Waals surface area contributed by atoms with E-state index in [1.165, 1.54) is 5.75 Å². The summed E-state index contributed by atoms with van der Waals surface area (Å²) in [5.74, 6) is 3.04. The van der Waals surface area contributed by atoms with Crippen LogP contribution in [0, 0.1) is 0 Å². The molecule has 1 heterocycles. The van der Waals surface area contributed by atoms with Crippen molar-refractivity contribution in [3.8, 4) is 0 Å². The van der Waals surface area contributed by atoms with Gasteiger partial charge in [-0.2, -0.15) is 11.8 Å². The minimum Gasteiger partial charge on any atom is -0.356 e. The molecule has 0 aromatic carbocycles. The third-order valence-electron chi connectivity index (χ3n) is 2.70. The molecule has 116 valence electrons. The molecule has 0 radical (unpaired) electrons. The first-order chi connectivity index (χ1) is 9.31. The Balaban J connectivity index is 0.00000361. The van der Waals surface area contributed by atoms with Crippen molar-refractivity contribution in [1.29, 1.82) is 0 Å². The summed E-state index contributed by atoms with van der Waals surface area (Å²) in [7, 11) is 1.79. The Morgan fingerprint density at radius 3 is 2.80 bits per heavy atom. The van der Waals surface area contributed by atoms with Crippen LogP contribution in [0.4, 0.5) is 0 Å². The molecule has 1 aromatic heterocycles. The molecule has 1 aromatic rings. The predicted octanol–water partition coefficient (Wildman–Crippen LogP) is 1.38. The average Bonchev–Trinajstić information content (AvgIpc) is 2.89. The lowest BCUT2D eigenvalue weighted by Crippen LogP contribution is -2.39. The second kappa shape index (κ2) is 12.2. The van der Waals surface area contributed by atoms with Gasteiger partial charge in [0.1, 0.15) is 12.2 Å². The second-order valence-corrected chi connectivity index (χ2v) is 5.05. The lowest BCUT2D eigenvalue weighted by atomic mass is 10.4. The van der Waals surface area contributed by atoms with Crippen LogP contribution < -0.4 is 10.6 Å². The number of hydrogen-bond acceptors (Lipinski definition) is 4. The summed E-state index contributed by atoms with van der Waals surface area (Å²) in [6, 6.07) is 0. The van der Waals surface area contributed by atoms with Crippen LogP contribution in [-0.4, -0.2) is 52.9 Å². The molecule has 0 bridgehead atoms. The summed E-state index contributed by atoms with van der Waals surface area (Å²) >= 11 is 1.86. The maximum absolute atomic E-state index is 4.19. The molecule has 0 spiro atoms. The zero-order valence-corrected chi connectivity index (χ0v) is 15.6. The number of thioether (sulfide) groups is 1. The fourth-order valence-electron chi connectivity index (χ4n) is 1.68. The van der Waals surface area contributed by atoms with Crippen molar-refractivity contribution in [3.63, 3.8) is 0 Å². The van der Waals surface area contributed by atoms with Crippen LogP contribution in [0.2, 0.25) is 0 Å². The molecule has 8 heteroatoms. The van der Waals surface area contributed by atoms with Gasteiger partial charge in [0.15, 0.2) is 5.96 Å². The van der Waals surface area contributed by atoms with E-state index >= 15 is 0 Å². The number of guanidine groups is 1. The van der Waals surface area contributed by atoms with E-state index in [1.54, 1.807) is 13.4 Å². The van der Waals surface area contributed by atoms with Crippen LogP contribution >= 0.6 is 35.7 Å². The highest BCUT2D eigenvalue weighted by Crippen LogP contribution is 1.95. The Morgan fingerprint density at radius 1 is 1.40 bits per heavy atom. The third-order valence-corrected chi connectivity index (χ3v) is 3.40. The molecule has 0 atom stereocenters. The topological polar surface area (TPSA) is 67.1 Å². The highest BCUT2D eigenvalue weighted by atomic mass is 127. The number of aromatic nitrogens is 3. The van der Waals surface area contributed by atoms with E-state index in [0.717, 1.165) is 44.3 Å². The summed E-state index contributed by atoms with van der Waals surface area (Å²) in [5.41, 5.74) is 0. The average molecular weight is 412 g/mol. The number of hydrogen-bond donors (Lipinski definition) is 2. The van der Waals surface area contributed by atoms with E-state index < -0.39 is 0 Å². The Morgan fingerprint density at radius 2 is 2.15 bits per heavy atom. The number of rotatable bonds is 8. The fraction of sp³-hybridized carbons (Fsp3) is 0.750. The molecule has 0 saturated carbocycles. The lowest BCUT2D eigenvalue weighted by Gasteiger charge is -2.12. The van der Waals surface area contributed by atoms with Gasteiger partial charge in [-0.25, -0.2) is 0 Å². The Kier molecular flexibility index (Phi) is 11.9. The number of halogens is 1. The van der Waals surface area contributed by atoms with E-state index in [9.17, 15) is 0 Å². The van der Waals surface area contributed by atoms with Gasteiger partial charge in [-0.15, -0.1) is 34.2 Å². The van der Waals surface area contributed by atoms with Crippen molar-refractivity contribution >= 4 is 41.7 Å². The molecule has 20 heavy (non-hydrogen) atoms. The smallest absolute Gasteiger partial charge is 0.191 e. The maximum atomic E-state index is 4.19. The SMILES string of the molecule is CCc1nncn1CCNC(=NC)NCCCSC.I. The van der Waals surface area contributed by atoms with E-state index in [-0.39, 0.29) is 24.0 Å². The van der Waals surface area contributed by atoms with Gasteiger partial charge >= 0.3 is 0 Å². The Labute approximate surface area is 142 Å². The van der Waals surface area contributed by atoms with Gasteiger partial charge < -0.3 is 15.2 Å². The van der Waals surface area contributed by atoms with Crippen molar-refractivity contribution in [1.82, 2.24) is 25.4 Å². The van der Waals surface area contributed by atoms with Gasteiger partial charge in [0.05, 0.1) is 0 Å². The summed E-state index contributed by atoms with van der Waals surface area (Å²) in [4.78, 5) is 4.19. The van der Waals surface area contributed by atoms with Crippen LogP contribution in [0.1, 0.15) is 19.2 Å². The minimum absolute atomic E-state index is 0. The van der Waals surface area contributed by atoms with Crippen molar-refractivity contribution in [2.75, 3.05) is 32.1 Å². The summed E-state index contributed by atoms with van der Waals surface area (Å²) in [6.45, 7) is 4.70. The van der Waals surface area contributed by atoms with Crippen LogP contribution in [0.25, 0.3) is 0 Å². The quantitative estimate of drug-likeness (QED) is 0.292. The molecular weight excluding hydrogens is 387 g/mol. The molecule has 0 fully saturated rings. The van der Waals surface area contributed by atoms with Crippen molar-refractivity contribution < 1.29 is 0 Å². The van der Waals surface area contributed by atoms with Crippen LogP contribution in [-0.2, 0) is 13.0 Å². The highest BCUT2D eigenvalue weighted by Gasteiger charge is 2.01. The largest absolute Gasteiger partial charge is 0.356 e. The molecule has 0 unspecified atom stereocenters. The molecule has 0 saturated heterocycles. The predicted molar refractivity (Wildman–Crippen MR) is 97.2 cm³/mol. The summed E-state index contributed by atoms with van der Waals surface area (Å²) < 4.78 is 2.06. The van der Waals surface area contributed by atoms with Crippen molar-refractivity contribution in [2.45, 2.75) is 26.3 Å². The lowest BCUT2D eigenvalue weighted by molar-refractivity contribution is 0.632. The molecule has 0 amide bonds. The number of nitrogens with zero attached hydrogens (tertiary/aromatic N) is 4. The van der Waals surface area contributed by atoms with E-state index in [0.29, 0.717) is 0 Å². The summed E-state index contributed by atoms with van der Waals surface area (Å²) in [6.07, 6.45) is 5.95. The van der Waals surface area contributed by atoms with Crippen molar-refractivity contribution in [2.24, 2.45) is 4.99 Å². The molecule has 6 nitrogen and oxygen atoms in total. The zero-order valence-electron chi connectivity index (χ0n) is 12.4. The number of aliphatic imine (C=N–C) groups is 1. The first-order valence-corrected chi connectivity index (χ1v) is 8.01. The number of aryl methyl sites for hydroxylation is 1.